The molecule has 1 rings (SSSR count). The van der Waals surface area contributed by atoms with Crippen LogP contribution in [-0.2, 0) is 0 Å². The van der Waals surface area contributed by atoms with Crippen LogP contribution in [0.15, 0.2) is 16.6 Å². The molecule has 14 heavy (non-hydrogen) atoms. The largest absolute Gasteiger partial charge is 0.496 e. The van der Waals surface area contributed by atoms with Crippen molar-refractivity contribution in [2.24, 2.45) is 0 Å². The minimum Gasteiger partial charge on any atom is -0.496 e. The number of aryl methyl sites for hydroxylation is 1. The SMILES string of the molecule is CCC(Br)c1cc(Br)c(C)cc1OC. The molecule has 1 unspecified atom stereocenters. The summed E-state index contributed by atoms with van der Waals surface area (Å²) in [5.74, 6) is 0.953. The van der Waals surface area contributed by atoms with Crippen LogP contribution in [0.1, 0.15) is 29.3 Å². The molecular formula is C11H14Br2O. The van der Waals surface area contributed by atoms with Gasteiger partial charge in [-0.15, -0.1) is 0 Å². The summed E-state index contributed by atoms with van der Waals surface area (Å²) in [4.78, 5) is 0.356. The lowest BCUT2D eigenvalue weighted by atomic mass is 10.1. The summed E-state index contributed by atoms with van der Waals surface area (Å²) >= 11 is 7.16. The molecular weight excluding hydrogens is 308 g/mol. The van der Waals surface area contributed by atoms with Crippen LogP contribution in [0.4, 0.5) is 0 Å². The van der Waals surface area contributed by atoms with E-state index in [4.69, 9.17) is 4.74 Å². The Bertz CT molecular complexity index is 323. The topological polar surface area (TPSA) is 9.23 Å². The van der Waals surface area contributed by atoms with Gasteiger partial charge in [0.1, 0.15) is 5.75 Å². The van der Waals surface area contributed by atoms with Crippen molar-refractivity contribution in [1.29, 1.82) is 0 Å². The lowest BCUT2D eigenvalue weighted by Crippen LogP contribution is -1.95. The Labute approximate surface area is 102 Å². The lowest BCUT2D eigenvalue weighted by molar-refractivity contribution is 0.409. The summed E-state index contributed by atoms with van der Waals surface area (Å²) in [6, 6.07) is 4.18. The van der Waals surface area contributed by atoms with E-state index in [1.54, 1.807) is 7.11 Å². The van der Waals surface area contributed by atoms with Gasteiger partial charge in [0.25, 0.3) is 0 Å². The molecule has 0 spiro atoms. The van der Waals surface area contributed by atoms with Gasteiger partial charge in [0, 0.05) is 14.9 Å². The van der Waals surface area contributed by atoms with Crippen LogP contribution in [0.5, 0.6) is 5.75 Å². The number of benzene rings is 1. The summed E-state index contributed by atoms with van der Waals surface area (Å²) in [5.41, 5.74) is 2.40. The standard InChI is InChI=1S/C11H14Br2O/c1-4-9(12)8-6-10(13)7(2)5-11(8)14-3/h5-6,9H,4H2,1-3H3. The first kappa shape index (κ1) is 12.1. The number of ether oxygens (including phenoxy) is 1. The lowest BCUT2D eigenvalue weighted by Gasteiger charge is -2.14. The predicted molar refractivity (Wildman–Crippen MR) is 67.4 cm³/mol. The highest BCUT2D eigenvalue weighted by molar-refractivity contribution is 9.10. The average Bonchev–Trinajstić information content (AvgIpc) is 2.20. The first-order valence-electron chi connectivity index (χ1n) is 4.58. The van der Waals surface area contributed by atoms with Crippen LogP contribution in [0.2, 0.25) is 0 Å². The summed E-state index contributed by atoms with van der Waals surface area (Å²) in [5, 5.41) is 0. The van der Waals surface area contributed by atoms with Crippen molar-refractivity contribution < 1.29 is 4.74 Å². The fourth-order valence-corrected chi connectivity index (χ4v) is 2.03. The number of methoxy groups -OCH3 is 1. The van der Waals surface area contributed by atoms with E-state index < -0.39 is 0 Å². The van der Waals surface area contributed by atoms with Crippen LogP contribution >= 0.6 is 31.9 Å². The molecule has 0 N–H and O–H groups in total. The number of rotatable bonds is 3. The molecule has 3 heteroatoms. The first-order valence-corrected chi connectivity index (χ1v) is 6.29. The molecule has 0 aliphatic carbocycles. The monoisotopic (exact) mass is 320 g/mol. The van der Waals surface area contributed by atoms with Crippen molar-refractivity contribution in [2.45, 2.75) is 25.1 Å². The summed E-state index contributed by atoms with van der Waals surface area (Å²) in [6.07, 6.45) is 1.05. The van der Waals surface area contributed by atoms with Gasteiger partial charge in [-0.3, -0.25) is 0 Å². The second-order valence-electron chi connectivity index (χ2n) is 3.22. The Balaban J connectivity index is 3.19. The van der Waals surface area contributed by atoms with Crippen molar-refractivity contribution in [1.82, 2.24) is 0 Å². The van der Waals surface area contributed by atoms with Crippen molar-refractivity contribution >= 4 is 31.9 Å². The zero-order valence-corrected chi connectivity index (χ0v) is 11.8. The molecule has 0 saturated carbocycles. The molecule has 0 fully saturated rings. The number of alkyl halides is 1. The molecule has 78 valence electrons. The van der Waals surface area contributed by atoms with Gasteiger partial charge in [-0.1, -0.05) is 38.8 Å². The van der Waals surface area contributed by atoms with Crippen molar-refractivity contribution in [3.63, 3.8) is 0 Å². The van der Waals surface area contributed by atoms with Crippen LogP contribution in [-0.4, -0.2) is 7.11 Å². The normalized spacial score (nSPS) is 12.6. The minimum absolute atomic E-state index is 0.356. The van der Waals surface area contributed by atoms with E-state index in [0.29, 0.717) is 4.83 Å². The van der Waals surface area contributed by atoms with Crippen LogP contribution in [0.3, 0.4) is 0 Å². The Kier molecular flexibility index (Phi) is 4.45. The van der Waals surface area contributed by atoms with Gasteiger partial charge in [-0.25, -0.2) is 0 Å². The Morgan fingerprint density at radius 3 is 2.57 bits per heavy atom. The van der Waals surface area contributed by atoms with E-state index in [9.17, 15) is 0 Å². The molecule has 0 heterocycles. The van der Waals surface area contributed by atoms with Crippen LogP contribution in [0.25, 0.3) is 0 Å². The van der Waals surface area contributed by atoms with E-state index in [2.05, 4.69) is 57.8 Å². The van der Waals surface area contributed by atoms with Gasteiger partial charge in [0.05, 0.1) is 7.11 Å². The molecule has 1 aromatic carbocycles. The maximum absolute atomic E-state index is 5.35. The summed E-state index contributed by atoms with van der Waals surface area (Å²) < 4.78 is 6.48. The molecule has 1 atom stereocenters. The maximum atomic E-state index is 5.35. The summed E-state index contributed by atoms with van der Waals surface area (Å²) in [6.45, 7) is 4.21. The molecule has 0 saturated heterocycles. The average molecular weight is 322 g/mol. The highest BCUT2D eigenvalue weighted by atomic mass is 79.9. The molecule has 0 aliphatic rings. The summed E-state index contributed by atoms with van der Waals surface area (Å²) in [7, 11) is 1.71. The molecule has 1 nitrogen and oxygen atoms in total. The zero-order valence-electron chi connectivity index (χ0n) is 8.60. The maximum Gasteiger partial charge on any atom is 0.123 e. The third kappa shape index (κ3) is 2.51. The van der Waals surface area contributed by atoms with E-state index >= 15 is 0 Å². The first-order chi connectivity index (χ1) is 6.60. The molecule has 0 amide bonds. The van der Waals surface area contributed by atoms with Gasteiger partial charge in [0.2, 0.25) is 0 Å². The van der Waals surface area contributed by atoms with E-state index in [-0.39, 0.29) is 0 Å². The van der Waals surface area contributed by atoms with Gasteiger partial charge < -0.3 is 4.74 Å². The Hall–Kier alpha value is -0.0200. The Morgan fingerprint density at radius 1 is 1.43 bits per heavy atom. The van der Waals surface area contributed by atoms with Crippen molar-refractivity contribution in [3.8, 4) is 5.75 Å². The fourth-order valence-electron chi connectivity index (χ4n) is 1.31. The number of hydrogen-bond acceptors (Lipinski definition) is 1. The smallest absolute Gasteiger partial charge is 0.123 e. The second-order valence-corrected chi connectivity index (χ2v) is 5.18. The zero-order chi connectivity index (χ0) is 10.7. The molecule has 0 aliphatic heterocycles. The molecule has 0 radical (unpaired) electrons. The number of halogens is 2. The molecule has 0 aromatic heterocycles. The van der Waals surface area contributed by atoms with E-state index in [0.717, 1.165) is 16.6 Å². The van der Waals surface area contributed by atoms with Crippen molar-refractivity contribution in [2.75, 3.05) is 7.11 Å². The quantitative estimate of drug-likeness (QED) is 0.738. The second kappa shape index (κ2) is 5.17. The van der Waals surface area contributed by atoms with Gasteiger partial charge in [0.15, 0.2) is 0 Å². The van der Waals surface area contributed by atoms with Crippen LogP contribution < -0.4 is 4.74 Å². The molecule has 1 aromatic rings. The third-order valence-electron chi connectivity index (χ3n) is 2.21. The highest BCUT2D eigenvalue weighted by Crippen LogP contribution is 2.36. The number of hydrogen-bond donors (Lipinski definition) is 0. The van der Waals surface area contributed by atoms with Crippen LogP contribution in [0, 0.1) is 6.92 Å². The highest BCUT2D eigenvalue weighted by Gasteiger charge is 2.12. The van der Waals surface area contributed by atoms with Crippen molar-refractivity contribution in [3.05, 3.63) is 27.7 Å². The third-order valence-corrected chi connectivity index (χ3v) is 4.20. The van der Waals surface area contributed by atoms with E-state index in [1.807, 2.05) is 0 Å². The molecule has 0 bridgehead atoms. The predicted octanol–water partition coefficient (Wildman–Crippen LogP) is 4.61. The minimum atomic E-state index is 0.356. The van der Waals surface area contributed by atoms with Gasteiger partial charge in [-0.05, 0) is 31.0 Å². The van der Waals surface area contributed by atoms with Gasteiger partial charge in [-0.2, -0.15) is 0 Å². The van der Waals surface area contributed by atoms with E-state index in [1.165, 1.54) is 11.1 Å². The Morgan fingerprint density at radius 2 is 2.07 bits per heavy atom. The fraction of sp³-hybridized carbons (Fsp3) is 0.455. The van der Waals surface area contributed by atoms with Gasteiger partial charge >= 0.3 is 0 Å².